The SMILES string of the molecule is CC(C)Oc1ccc(C2OCC2(C)C)cc1. The maximum absolute atomic E-state index is 5.61. The van der Waals surface area contributed by atoms with Crippen LogP contribution >= 0.6 is 0 Å². The molecule has 0 N–H and O–H groups in total. The van der Waals surface area contributed by atoms with Crippen molar-refractivity contribution in [2.75, 3.05) is 6.61 Å². The maximum Gasteiger partial charge on any atom is 0.119 e. The molecule has 0 saturated carbocycles. The molecule has 2 nitrogen and oxygen atoms in total. The molecule has 1 atom stereocenters. The van der Waals surface area contributed by atoms with E-state index in [2.05, 4.69) is 26.0 Å². The quantitative estimate of drug-likeness (QED) is 0.775. The smallest absolute Gasteiger partial charge is 0.119 e. The van der Waals surface area contributed by atoms with E-state index in [9.17, 15) is 0 Å². The second-order valence-electron chi connectivity index (χ2n) is 5.42. The molecule has 1 heterocycles. The van der Waals surface area contributed by atoms with Crippen molar-refractivity contribution in [3.63, 3.8) is 0 Å². The van der Waals surface area contributed by atoms with Gasteiger partial charge in [-0.1, -0.05) is 26.0 Å². The standard InChI is InChI=1S/C14H20O2/c1-10(2)16-12-7-5-11(6-8-12)13-14(3,4)9-15-13/h5-8,10,13H,9H2,1-4H3. The Bertz CT molecular complexity index is 352. The summed E-state index contributed by atoms with van der Waals surface area (Å²) in [6.45, 7) is 9.39. The van der Waals surface area contributed by atoms with Gasteiger partial charge in [0.25, 0.3) is 0 Å². The minimum Gasteiger partial charge on any atom is -0.491 e. The molecule has 0 amide bonds. The van der Waals surface area contributed by atoms with Crippen LogP contribution in [0.2, 0.25) is 0 Å². The van der Waals surface area contributed by atoms with E-state index in [1.54, 1.807) is 0 Å². The molecule has 0 bridgehead atoms. The van der Waals surface area contributed by atoms with Crippen molar-refractivity contribution in [2.45, 2.75) is 39.9 Å². The summed E-state index contributed by atoms with van der Waals surface area (Å²) in [7, 11) is 0. The lowest BCUT2D eigenvalue weighted by atomic mass is 9.79. The Morgan fingerprint density at radius 2 is 1.88 bits per heavy atom. The number of benzene rings is 1. The average molecular weight is 220 g/mol. The molecule has 16 heavy (non-hydrogen) atoms. The van der Waals surface area contributed by atoms with Crippen molar-refractivity contribution >= 4 is 0 Å². The average Bonchev–Trinajstić information content (AvgIpc) is 2.19. The molecule has 2 rings (SSSR count). The Morgan fingerprint density at radius 1 is 1.25 bits per heavy atom. The molecule has 1 fully saturated rings. The van der Waals surface area contributed by atoms with Crippen molar-refractivity contribution in [2.24, 2.45) is 5.41 Å². The molecule has 1 aliphatic rings. The van der Waals surface area contributed by atoms with Crippen molar-refractivity contribution in [1.82, 2.24) is 0 Å². The molecule has 88 valence electrons. The Hall–Kier alpha value is -1.02. The van der Waals surface area contributed by atoms with Crippen LogP contribution in [0.3, 0.4) is 0 Å². The lowest BCUT2D eigenvalue weighted by molar-refractivity contribution is -0.172. The lowest BCUT2D eigenvalue weighted by Gasteiger charge is -2.44. The zero-order chi connectivity index (χ0) is 11.8. The highest BCUT2D eigenvalue weighted by Crippen LogP contribution is 2.45. The maximum atomic E-state index is 5.61. The van der Waals surface area contributed by atoms with Gasteiger partial charge in [0.05, 0.1) is 18.8 Å². The molecule has 0 spiro atoms. The summed E-state index contributed by atoms with van der Waals surface area (Å²) >= 11 is 0. The van der Waals surface area contributed by atoms with E-state index in [1.807, 2.05) is 26.0 Å². The number of hydrogen-bond acceptors (Lipinski definition) is 2. The van der Waals surface area contributed by atoms with Gasteiger partial charge in [0.1, 0.15) is 5.75 Å². The van der Waals surface area contributed by atoms with Gasteiger partial charge in [-0.05, 0) is 31.5 Å². The summed E-state index contributed by atoms with van der Waals surface area (Å²) < 4.78 is 11.2. The third-order valence-corrected chi connectivity index (χ3v) is 2.89. The first-order valence-electron chi connectivity index (χ1n) is 5.87. The molecule has 1 aliphatic heterocycles. The topological polar surface area (TPSA) is 18.5 Å². The number of ether oxygens (including phenoxy) is 2. The van der Waals surface area contributed by atoms with Crippen LogP contribution in [0.1, 0.15) is 39.4 Å². The van der Waals surface area contributed by atoms with Crippen LogP contribution in [0.5, 0.6) is 5.75 Å². The van der Waals surface area contributed by atoms with Gasteiger partial charge >= 0.3 is 0 Å². The Balaban J connectivity index is 2.08. The van der Waals surface area contributed by atoms with Gasteiger partial charge in [0.2, 0.25) is 0 Å². The van der Waals surface area contributed by atoms with Crippen LogP contribution in [-0.4, -0.2) is 12.7 Å². The van der Waals surface area contributed by atoms with Gasteiger partial charge in [-0.2, -0.15) is 0 Å². The predicted molar refractivity (Wildman–Crippen MR) is 64.7 cm³/mol. The zero-order valence-electron chi connectivity index (χ0n) is 10.5. The highest BCUT2D eigenvalue weighted by atomic mass is 16.5. The van der Waals surface area contributed by atoms with E-state index in [0.717, 1.165) is 12.4 Å². The van der Waals surface area contributed by atoms with Crippen LogP contribution < -0.4 is 4.74 Å². The van der Waals surface area contributed by atoms with Crippen molar-refractivity contribution in [3.05, 3.63) is 29.8 Å². The number of rotatable bonds is 3. The van der Waals surface area contributed by atoms with Crippen LogP contribution in [0.25, 0.3) is 0 Å². The molecule has 2 heteroatoms. The monoisotopic (exact) mass is 220 g/mol. The summed E-state index contributed by atoms with van der Waals surface area (Å²) in [5, 5.41) is 0. The molecule has 1 unspecified atom stereocenters. The van der Waals surface area contributed by atoms with E-state index in [0.29, 0.717) is 0 Å². The molecule has 0 radical (unpaired) electrons. The first-order valence-corrected chi connectivity index (χ1v) is 5.87. The first kappa shape index (κ1) is 11.5. The van der Waals surface area contributed by atoms with Gasteiger partial charge in [-0.15, -0.1) is 0 Å². The fraction of sp³-hybridized carbons (Fsp3) is 0.571. The van der Waals surface area contributed by atoms with E-state index in [1.165, 1.54) is 5.56 Å². The highest BCUT2D eigenvalue weighted by Gasteiger charge is 2.40. The van der Waals surface area contributed by atoms with Gasteiger partial charge in [0, 0.05) is 5.41 Å². The van der Waals surface area contributed by atoms with Gasteiger partial charge < -0.3 is 9.47 Å². The summed E-state index contributed by atoms with van der Waals surface area (Å²) in [6, 6.07) is 8.24. The largest absolute Gasteiger partial charge is 0.491 e. The van der Waals surface area contributed by atoms with Gasteiger partial charge in [0.15, 0.2) is 0 Å². The highest BCUT2D eigenvalue weighted by molar-refractivity contribution is 5.30. The van der Waals surface area contributed by atoms with Crippen LogP contribution in [0.4, 0.5) is 0 Å². The summed E-state index contributed by atoms with van der Waals surface area (Å²) in [5.74, 6) is 0.927. The zero-order valence-corrected chi connectivity index (χ0v) is 10.5. The normalized spacial score (nSPS) is 22.9. The van der Waals surface area contributed by atoms with Crippen LogP contribution in [-0.2, 0) is 4.74 Å². The van der Waals surface area contributed by atoms with Gasteiger partial charge in [-0.25, -0.2) is 0 Å². The summed E-state index contributed by atoms with van der Waals surface area (Å²) in [6.07, 6.45) is 0.461. The Labute approximate surface area is 97.6 Å². The summed E-state index contributed by atoms with van der Waals surface area (Å²) in [5.41, 5.74) is 1.51. The molecular formula is C14H20O2. The lowest BCUT2D eigenvalue weighted by Crippen LogP contribution is -2.40. The van der Waals surface area contributed by atoms with Crippen LogP contribution in [0, 0.1) is 5.41 Å². The second-order valence-corrected chi connectivity index (χ2v) is 5.42. The summed E-state index contributed by atoms with van der Waals surface area (Å²) in [4.78, 5) is 0. The molecular weight excluding hydrogens is 200 g/mol. The minimum atomic E-state index is 0.224. The molecule has 1 aromatic rings. The van der Waals surface area contributed by atoms with Gasteiger partial charge in [-0.3, -0.25) is 0 Å². The van der Waals surface area contributed by atoms with E-state index >= 15 is 0 Å². The van der Waals surface area contributed by atoms with E-state index in [4.69, 9.17) is 9.47 Å². The predicted octanol–water partition coefficient (Wildman–Crippen LogP) is 3.57. The third-order valence-electron chi connectivity index (χ3n) is 2.89. The van der Waals surface area contributed by atoms with E-state index in [-0.39, 0.29) is 17.6 Å². The Morgan fingerprint density at radius 3 is 2.25 bits per heavy atom. The minimum absolute atomic E-state index is 0.224. The fourth-order valence-corrected chi connectivity index (χ4v) is 2.04. The van der Waals surface area contributed by atoms with E-state index < -0.39 is 0 Å². The molecule has 0 aliphatic carbocycles. The number of hydrogen-bond donors (Lipinski definition) is 0. The second kappa shape index (κ2) is 4.10. The van der Waals surface area contributed by atoms with Crippen LogP contribution in [0.15, 0.2) is 24.3 Å². The van der Waals surface area contributed by atoms with Crippen molar-refractivity contribution < 1.29 is 9.47 Å². The third kappa shape index (κ3) is 2.22. The molecule has 0 aromatic heterocycles. The van der Waals surface area contributed by atoms with Crippen molar-refractivity contribution in [1.29, 1.82) is 0 Å². The molecule has 1 aromatic carbocycles. The fourth-order valence-electron chi connectivity index (χ4n) is 2.04. The molecule has 1 saturated heterocycles. The van der Waals surface area contributed by atoms with Crippen molar-refractivity contribution in [3.8, 4) is 5.75 Å². The first-order chi connectivity index (χ1) is 7.49. The Kier molecular flexibility index (Phi) is 2.94.